The number of halogens is 1. The number of guanidine groups is 1. The zero-order valence-corrected chi connectivity index (χ0v) is 16.3. The Morgan fingerprint density at radius 3 is 2.52 bits per heavy atom. The molecular weight excluding hydrogens is 405 g/mol. The number of hydrogen-bond acceptors (Lipinski definition) is 3. The second-order valence-electron chi connectivity index (χ2n) is 5.07. The van der Waals surface area contributed by atoms with Gasteiger partial charge in [0.2, 0.25) is 0 Å². The largest absolute Gasteiger partial charge is 0.497 e. The standard InChI is InChI=1S/C17H23N3O2.HI/c1-12-8-15(13(2)22-12)11-20-17(18-3)19-10-14-6-5-7-16(9-14)21-4;/h5-9H,10-11H2,1-4H3,(H2,18,19,20);1H. The van der Waals surface area contributed by atoms with Crippen molar-refractivity contribution in [3.63, 3.8) is 0 Å². The number of nitrogens with zero attached hydrogens (tertiary/aromatic N) is 1. The molecule has 2 rings (SSSR count). The molecule has 0 aliphatic carbocycles. The first kappa shape index (κ1) is 19.3. The number of aryl methyl sites for hydroxylation is 2. The lowest BCUT2D eigenvalue weighted by Gasteiger charge is -2.12. The van der Waals surface area contributed by atoms with E-state index < -0.39 is 0 Å². The minimum absolute atomic E-state index is 0. The molecule has 23 heavy (non-hydrogen) atoms. The molecule has 0 aliphatic rings. The van der Waals surface area contributed by atoms with Crippen molar-refractivity contribution in [1.29, 1.82) is 0 Å². The first-order chi connectivity index (χ1) is 10.6. The minimum atomic E-state index is 0. The van der Waals surface area contributed by atoms with Crippen LogP contribution in [0, 0.1) is 13.8 Å². The molecule has 1 aromatic heterocycles. The molecule has 0 amide bonds. The second kappa shape index (κ2) is 9.44. The lowest BCUT2D eigenvalue weighted by atomic mass is 10.2. The molecule has 0 saturated carbocycles. The van der Waals surface area contributed by atoms with Gasteiger partial charge in [-0.1, -0.05) is 12.1 Å². The number of ether oxygens (including phenoxy) is 1. The van der Waals surface area contributed by atoms with Gasteiger partial charge in [0.25, 0.3) is 0 Å². The van der Waals surface area contributed by atoms with Crippen LogP contribution in [0.3, 0.4) is 0 Å². The summed E-state index contributed by atoms with van der Waals surface area (Å²) < 4.78 is 10.7. The van der Waals surface area contributed by atoms with Gasteiger partial charge in [0, 0.05) is 25.7 Å². The van der Waals surface area contributed by atoms with E-state index in [0.717, 1.165) is 34.4 Å². The van der Waals surface area contributed by atoms with Crippen LogP contribution in [0.2, 0.25) is 0 Å². The number of aliphatic imine (C=N–C) groups is 1. The monoisotopic (exact) mass is 429 g/mol. The SMILES string of the molecule is CN=C(NCc1cccc(OC)c1)NCc1cc(C)oc1C.I. The van der Waals surface area contributed by atoms with Crippen LogP contribution in [-0.4, -0.2) is 20.1 Å². The van der Waals surface area contributed by atoms with Crippen molar-refractivity contribution in [2.45, 2.75) is 26.9 Å². The van der Waals surface area contributed by atoms with Crippen LogP contribution < -0.4 is 15.4 Å². The molecule has 0 radical (unpaired) electrons. The number of benzene rings is 1. The van der Waals surface area contributed by atoms with Crippen molar-refractivity contribution < 1.29 is 9.15 Å². The third-order valence-electron chi connectivity index (χ3n) is 3.41. The maximum atomic E-state index is 5.52. The summed E-state index contributed by atoms with van der Waals surface area (Å²) in [4.78, 5) is 4.23. The molecule has 2 N–H and O–H groups in total. The molecule has 0 bridgehead atoms. The second-order valence-corrected chi connectivity index (χ2v) is 5.07. The van der Waals surface area contributed by atoms with Crippen LogP contribution in [0.25, 0.3) is 0 Å². The Kier molecular flexibility index (Phi) is 7.94. The lowest BCUT2D eigenvalue weighted by Crippen LogP contribution is -2.36. The predicted octanol–water partition coefficient (Wildman–Crippen LogP) is 3.39. The quantitative estimate of drug-likeness (QED) is 0.435. The Balaban J connectivity index is 0.00000264. The summed E-state index contributed by atoms with van der Waals surface area (Å²) in [6.45, 7) is 5.28. The van der Waals surface area contributed by atoms with E-state index in [0.29, 0.717) is 13.1 Å². The Morgan fingerprint density at radius 1 is 1.17 bits per heavy atom. The number of methoxy groups -OCH3 is 1. The van der Waals surface area contributed by atoms with Gasteiger partial charge in [0.1, 0.15) is 17.3 Å². The van der Waals surface area contributed by atoms with Gasteiger partial charge in [0.05, 0.1) is 7.11 Å². The first-order valence-corrected chi connectivity index (χ1v) is 7.25. The summed E-state index contributed by atoms with van der Waals surface area (Å²) in [6.07, 6.45) is 0. The number of rotatable bonds is 5. The average molecular weight is 429 g/mol. The fraction of sp³-hybridized carbons (Fsp3) is 0.353. The fourth-order valence-electron chi connectivity index (χ4n) is 2.23. The van der Waals surface area contributed by atoms with Crippen LogP contribution in [0.4, 0.5) is 0 Å². The summed E-state index contributed by atoms with van der Waals surface area (Å²) in [5.74, 6) is 3.47. The molecule has 0 unspecified atom stereocenters. The van der Waals surface area contributed by atoms with Gasteiger partial charge in [-0.25, -0.2) is 0 Å². The fourth-order valence-corrected chi connectivity index (χ4v) is 2.23. The molecule has 0 saturated heterocycles. The first-order valence-electron chi connectivity index (χ1n) is 7.25. The summed E-state index contributed by atoms with van der Waals surface area (Å²) in [5, 5.41) is 6.57. The van der Waals surface area contributed by atoms with Crippen molar-refractivity contribution >= 4 is 29.9 Å². The Hall–Kier alpha value is -1.70. The zero-order valence-electron chi connectivity index (χ0n) is 14.0. The van der Waals surface area contributed by atoms with E-state index in [1.807, 2.05) is 44.2 Å². The highest BCUT2D eigenvalue weighted by Crippen LogP contribution is 2.13. The van der Waals surface area contributed by atoms with Crippen LogP contribution in [0.5, 0.6) is 5.75 Å². The number of hydrogen-bond donors (Lipinski definition) is 2. The molecule has 0 atom stereocenters. The van der Waals surface area contributed by atoms with E-state index >= 15 is 0 Å². The van der Waals surface area contributed by atoms with Crippen molar-refractivity contribution in [3.8, 4) is 5.75 Å². The van der Waals surface area contributed by atoms with E-state index in [-0.39, 0.29) is 24.0 Å². The van der Waals surface area contributed by atoms with Gasteiger partial charge in [-0.2, -0.15) is 0 Å². The highest BCUT2D eigenvalue weighted by molar-refractivity contribution is 14.0. The molecule has 2 aromatic rings. The Bertz CT molecular complexity index is 653. The van der Waals surface area contributed by atoms with Gasteiger partial charge in [-0.15, -0.1) is 24.0 Å². The van der Waals surface area contributed by atoms with Gasteiger partial charge in [-0.3, -0.25) is 4.99 Å². The molecule has 126 valence electrons. The van der Waals surface area contributed by atoms with Crippen LogP contribution in [0.1, 0.15) is 22.6 Å². The molecule has 0 fully saturated rings. The predicted molar refractivity (Wildman–Crippen MR) is 104 cm³/mol. The summed E-state index contributed by atoms with van der Waals surface area (Å²) in [5.41, 5.74) is 2.28. The summed E-state index contributed by atoms with van der Waals surface area (Å²) in [7, 11) is 3.43. The van der Waals surface area contributed by atoms with E-state index in [4.69, 9.17) is 9.15 Å². The average Bonchev–Trinajstić information content (AvgIpc) is 2.85. The lowest BCUT2D eigenvalue weighted by molar-refractivity contribution is 0.414. The topological polar surface area (TPSA) is 58.8 Å². The van der Waals surface area contributed by atoms with Gasteiger partial charge >= 0.3 is 0 Å². The van der Waals surface area contributed by atoms with Crippen LogP contribution in [-0.2, 0) is 13.1 Å². The molecule has 0 aliphatic heterocycles. The maximum absolute atomic E-state index is 5.52. The molecule has 1 aromatic carbocycles. The van der Waals surface area contributed by atoms with Crippen molar-refractivity contribution in [1.82, 2.24) is 10.6 Å². The third-order valence-corrected chi connectivity index (χ3v) is 3.41. The molecule has 5 nitrogen and oxygen atoms in total. The van der Waals surface area contributed by atoms with Gasteiger partial charge in [0.15, 0.2) is 5.96 Å². The van der Waals surface area contributed by atoms with E-state index in [2.05, 4.69) is 15.6 Å². The molecular formula is C17H24IN3O2. The van der Waals surface area contributed by atoms with Gasteiger partial charge < -0.3 is 19.8 Å². The van der Waals surface area contributed by atoms with Crippen LogP contribution in [0.15, 0.2) is 39.7 Å². The van der Waals surface area contributed by atoms with E-state index in [9.17, 15) is 0 Å². The Labute approximate surface area is 154 Å². The smallest absolute Gasteiger partial charge is 0.191 e. The number of nitrogens with one attached hydrogen (secondary N) is 2. The minimum Gasteiger partial charge on any atom is -0.497 e. The molecule has 1 heterocycles. The normalized spacial score (nSPS) is 10.9. The van der Waals surface area contributed by atoms with E-state index in [1.54, 1.807) is 14.2 Å². The van der Waals surface area contributed by atoms with Crippen molar-refractivity contribution in [2.75, 3.05) is 14.2 Å². The van der Waals surface area contributed by atoms with Gasteiger partial charge in [-0.05, 0) is 37.6 Å². The van der Waals surface area contributed by atoms with Crippen molar-refractivity contribution in [3.05, 3.63) is 53.0 Å². The summed E-state index contributed by atoms with van der Waals surface area (Å²) in [6, 6.07) is 10.00. The maximum Gasteiger partial charge on any atom is 0.191 e. The highest BCUT2D eigenvalue weighted by Gasteiger charge is 2.05. The number of furan rings is 1. The highest BCUT2D eigenvalue weighted by atomic mass is 127. The molecule has 0 spiro atoms. The van der Waals surface area contributed by atoms with E-state index in [1.165, 1.54) is 0 Å². The Morgan fingerprint density at radius 2 is 1.91 bits per heavy atom. The van der Waals surface area contributed by atoms with Crippen molar-refractivity contribution in [2.24, 2.45) is 4.99 Å². The third kappa shape index (κ3) is 5.78. The summed E-state index contributed by atoms with van der Waals surface area (Å²) >= 11 is 0. The molecule has 6 heteroatoms. The van der Waals surface area contributed by atoms with Crippen LogP contribution >= 0.6 is 24.0 Å². The zero-order chi connectivity index (χ0) is 15.9.